The fraction of sp³-hybridized carbons (Fsp3) is 0.471. The molecule has 14 heteroatoms. The largest absolute Gasteiger partial charge is 0.494 e. The van der Waals surface area contributed by atoms with Gasteiger partial charge in [-0.2, -0.15) is 20.0 Å². The zero-order valence-corrected chi connectivity index (χ0v) is 31.2. The first kappa shape index (κ1) is 34.4. The molecule has 0 unspecified atom stereocenters. The Bertz CT molecular complexity index is 1790. The van der Waals surface area contributed by atoms with Gasteiger partial charge in [0.1, 0.15) is 24.4 Å². The Labute approximate surface area is 291 Å². The molecule has 2 fully saturated rings. The summed E-state index contributed by atoms with van der Waals surface area (Å²) in [5.41, 5.74) is 5.55. The number of ether oxygens (including phenoxy) is 1. The minimum atomic E-state index is -2.68. The van der Waals surface area contributed by atoms with Gasteiger partial charge in [-0.3, -0.25) is 4.90 Å². The second kappa shape index (κ2) is 14.5. The van der Waals surface area contributed by atoms with Crippen LogP contribution in [0.5, 0.6) is 5.75 Å². The average Bonchev–Trinajstić information content (AvgIpc) is 3.52. The summed E-state index contributed by atoms with van der Waals surface area (Å²) in [5.74, 6) is 1.70. The second-order valence-corrected chi connectivity index (χ2v) is 17.1. The zero-order valence-electron chi connectivity index (χ0n) is 28.7. The Morgan fingerprint density at radius 2 is 1.73 bits per heavy atom. The van der Waals surface area contributed by atoms with Crippen molar-refractivity contribution in [1.82, 2.24) is 34.8 Å². The number of nitrogens with zero attached hydrogens (tertiary/aromatic N) is 8. The maximum absolute atomic E-state index is 13.4. The molecule has 0 saturated carbocycles. The van der Waals surface area contributed by atoms with E-state index in [-0.39, 0.29) is 0 Å². The van der Waals surface area contributed by atoms with Crippen molar-refractivity contribution in [3.8, 4) is 17.0 Å². The molecule has 2 aromatic carbocycles. The van der Waals surface area contributed by atoms with Gasteiger partial charge >= 0.3 is 0 Å². The van der Waals surface area contributed by atoms with E-state index in [0.717, 1.165) is 55.3 Å². The second-order valence-electron chi connectivity index (χ2n) is 13.0. The molecule has 6 rings (SSSR count). The van der Waals surface area contributed by atoms with Gasteiger partial charge < -0.3 is 29.7 Å². The maximum atomic E-state index is 13.4. The molecular formula is C34H46BrN10O2P. The molecule has 2 N–H and O–H groups in total. The predicted molar refractivity (Wildman–Crippen MR) is 199 cm³/mol. The molecule has 256 valence electrons. The summed E-state index contributed by atoms with van der Waals surface area (Å²) in [4.78, 5) is 18.5. The Hall–Kier alpha value is -3.51. The standard InChI is InChI=1S/C34H46BrN10O2P/c1-7-23-18-28(31(47-4)20-30(23)45-12-10-25(11-13-45)44-16-14-42(2)15-17-44)39-34-36-21-26(35)33(40-34)38-27-9-8-24(19-32(27)48(5,6)46)29-22-37-43(3)41-29/h8-9,18-22,25H,7,10-17H2,1-6H3,(H2,36,38,39,40). The third kappa shape index (κ3) is 7.70. The zero-order chi connectivity index (χ0) is 34.0. The number of hydrogen-bond acceptors (Lipinski definition) is 11. The van der Waals surface area contributed by atoms with Crippen molar-refractivity contribution in [1.29, 1.82) is 0 Å². The average molecular weight is 738 g/mol. The fourth-order valence-corrected chi connectivity index (χ4v) is 8.05. The van der Waals surface area contributed by atoms with Gasteiger partial charge in [-0.05, 0) is 79.3 Å². The first-order chi connectivity index (χ1) is 23.0. The number of aryl methyl sites for hydroxylation is 2. The summed E-state index contributed by atoms with van der Waals surface area (Å²) >= 11 is 3.60. The van der Waals surface area contributed by atoms with Gasteiger partial charge in [0, 0.05) is 81.2 Å². The van der Waals surface area contributed by atoms with Crippen molar-refractivity contribution in [2.75, 3.05) is 82.3 Å². The summed E-state index contributed by atoms with van der Waals surface area (Å²) in [5, 5.41) is 16.1. The van der Waals surface area contributed by atoms with Crippen LogP contribution in [-0.4, -0.2) is 108 Å². The highest BCUT2D eigenvalue weighted by atomic mass is 79.9. The Morgan fingerprint density at radius 3 is 2.38 bits per heavy atom. The van der Waals surface area contributed by atoms with Crippen LogP contribution in [0.2, 0.25) is 0 Å². The molecule has 0 spiro atoms. The highest BCUT2D eigenvalue weighted by Crippen LogP contribution is 2.41. The van der Waals surface area contributed by atoms with Crippen molar-refractivity contribution < 1.29 is 9.30 Å². The molecule has 0 aliphatic carbocycles. The van der Waals surface area contributed by atoms with Gasteiger partial charge in [-0.1, -0.05) is 13.0 Å². The number of rotatable bonds is 10. The number of piperidine rings is 1. The van der Waals surface area contributed by atoms with Crippen LogP contribution in [0, 0.1) is 0 Å². The number of anilines is 5. The smallest absolute Gasteiger partial charge is 0.229 e. The number of methoxy groups -OCH3 is 1. The fourth-order valence-electron chi connectivity index (χ4n) is 6.60. The number of aromatic nitrogens is 5. The molecule has 48 heavy (non-hydrogen) atoms. The van der Waals surface area contributed by atoms with Crippen LogP contribution in [0.15, 0.2) is 47.2 Å². The minimum absolute atomic E-state index is 0.413. The lowest BCUT2D eigenvalue weighted by Crippen LogP contribution is -2.52. The quantitative estimate of drug-likeness (QED) is 0.200. The molecule has 0 bridgehead atoms. The van der Waals surface area contributed by atoms with Crippen LogP contribution < -0.4 is 25.6 Å². The van der Waals surface area contributed by atoms with E-state index >= 15 is 0 Å². The van der Waals surface area contributed by atoms with Gasteiger partial charge in [-0.25, -0.2) is 4.98 Å². The molecule has 2 aliphatic rings. The van der Waals surface area contributed by atoms with E-state index in [9.17, 15) is 4.57 Å². The van der Waals surface area contributed by atoms with Crippen LogP contribution in [-0.2, 0) is 18.0 Å². The molecule has 2 aromatic heterocycles. The number of hydrogen-bond donors (Lipinski definition) is 2. The monoisotopic (exact) mass is 736 g/mol. The highest BCUT2D eigenvalue weighted by molar-refractivity contribution is 9.10. The lowest BCUT2D eigenvalue weighted by Gasteiger charge is -2.43. The number of piperazine rings is 1. The van der Waals surface area contributed by atoms with E-state index in [4.69, 9.17) is 9.72 Å². The van der Waals surface area contributed by atoms with E-state index in [0.29, 0.717) is 33.3 Å². The van der Waals surface area contributed by atoms with Crippen molar-refractivity contribution in [2.24, 2.45) is 7.05 Å². The lowest BCUT2D eigenvalue weighted by atomic mass is 9.99. The molecule has 4 heterocycles. The van der Waals surface area contributed by atoms with E-state index in [1.165, 1.54) is 42.0 Å². The minimum Gasteiger partial charge on any atom is -0.494 e. The molecule has 0 atom stereocenters. The van der Waals surface area contributed by atoms with E-state index < -0.39 is 7.14 Å². The molecule has 0 radical (unpaired) electrons. The van der Waals surface area contributed by atoms with Gasteiger partial charge in [0.05, 0.1) is 29.2 Å². The Balaban J connectivity index is 1.21. The molecule has 12 nitrogen and oxygen atoms in total. The van der Waals surface area contributed by atoms with Crippen molar-refractivity contribution >= 4 is 57.2 Å². The molecular weight excluding hydrogens is 691 g/mol. The van der Waals surface area contributed by atoms with Crippen LogP contribution in [0.3, 0.4) is 0 Å². The first-order valence-electron chi connectivity index (χ1n) is 16.5. The normalized spacial score (nSPS) is 16.7. The number of nitrogens with one attached hydrogen (secondary N) is 2. The van der Waals surface area contributed by atoms with Crippen molar-refractivity contribution in [2.45, 2.75) is 32.2 Å². The van der Waals surface area contributed by atoms with E-state index in [2.05, 4.69) is 82.5 Å². The maximum Gasteiger partial charge on any atom is 0.229 e. The predicted octanol–water partition coefficient (Wildman–Crippen LogP) is 5.56. The summed E-state index contributed by atoms with van der Waals surface area (Å²) in [6.45, 7) is 12.4. The van der Waals surface area contributed by atoms with E-state index in [1.54, 1.807) is 39.9 Å². The lowest BCUT2D eigenvalue weighted by molar-refractivity contribution is 0.0982. The topological polar surface area (TPSA) is 117 Å². The third-order valence-electron chi connectivity index (χ3n) is 9.36. The third-order valence-corrected chi connectivity index (χ3v) is 11.5. The van der Waals surface area contributed by atoms with E-state index in [1.807, 2.05) is 18.2 Å². The molecule has 2 aliphatic heterocycles. The van der Waals surface area contributed by atoms with Crippen LogP contribution in [0.25, 0.3) is 11.3 Å². The van der Waals surface area contributed by atoms with Crippen LogP contribution >= 0.6 is 23.1 Å². The number of likely N-dealkylation sites (N-methyl/N-ethyl adjacent to an activating group) is 1. The molecule has 0 amide bonds. The number of benzene rings is 2. The van der Waals surface area contributed by atoms with Crippen molar-refractivity contribution in [3.05, 3.63) is 52.8 Å². The van der Waals surface area contributed by atoms with Gasteiger partial charge in [0.25, 0.3) is 0 Å². The SMILES string of the molecule is CCc1cc(Nc2ncc(Br)c(Nc3ccc(-c4cnn(C)n4)cc3P(C)(C)=O)n2)c(OC)cc1N1CCC(N2CCN(C)CC2)CC1. The Morgan fingerprint density at radius 1 is 0.979 bits per heavy atom. The molecule has 4 aromatic rings. The first-order valence-corrected chi connectivity index (χ1v) is 19.9. The summed E-state index contributed by atoms with van der Waals surface area (Å²) in [6.07, 6.45) is 6.64. The van der Waals surface area contributed by atoms with Crippen LogP contribution in [0.4, 0.5) is 28.8 Å². The van der Waals surface area contributed by atoms with Gasteiger partial charge in [0.15, 0.2) is 0 Å². The summed E-state index contributed by atoms with van der Waals surface area (Å²) < 4.78 is 20.0. The Kier molecular flexibility index (Phi) is 10.4. The summed E-state index contributed by atoms with van der Waals surface area (Å²) in [6, 6.07) is 10.7. The molecule has 2 saturated heterocycles. The highest BCUT2D eigenvalue weighted by Gasteiger charge is 2.28. The van der Waals surface area contributed by atoms with Gasteiger partial charge in [0.2, 0.25) is 5.95 Å². The number of halogens is 1. The van der Waals surface area contributed by atoms with Gasteiger partial charge in [-0.15, -0.1) is 0 Å². The van der Waals surface area contributed by atoms with Crippen molar-refractivity contribution in [3.63, 3.8) is 0 Å². The summed E-state index contributed by atoms with van der Waals surface area (Å²) in [7, 11) is 3.01. The van der Waals surface area contributed by atoms with Crippen LogP contribution in [0.1, 0.15) is 25.3 Å².